The van der Waals surface area contributed by atoms with Crippen LogP contribution in [0.1, 0.15) is 12.8 Å². The molecule has 0 saturated heterocycles. The van der Waals surface area contributed by atoms with E-state index in [4.69, 9.17) is 9.47 Å². The minimum absolute atomic E-state index is 0.0967. The lowest BCUT2D eigenvalue weighted by molar-refractivity contribution is -0.867. The number of carbonyl (C=O) groups excluding carboxylic acids is 2. The molecule has 4 unspecified atom stereocenters. The summed E-state index contributed by atoms with van der Waals surface area (Å²) in [7, 11) is 7.85. The molecule has 0 aliphatic heterocycles. The van der Waals surface area contributed by atoms with E-state index in [1.807, 2.05) is 42.3 Å². The molecule has 0 aromatic heterocycles. The second-order valence-corrected chi connectivity index (χ2v) is 15.0. The van der Waals surface area contributed by atoms with Gasteiger partial charge in [0.2, 0.25) is 0 Å². The highest BCUT2D eigenvalue weighted by Gasteiger charge is 2.22. The van der Waals surface area contributed by atoms with Gasteiger partial charge in [-0.15, -0.1) is 0 Å². The third kappa shape index (κ3) is 17.4. The van der Waals surface area contributed by atoms with Gasteiger partial charge in [0.25, 0.3) is 0 Å². The van der Waals surface area contributed by atoms with E-state index >= 15 is 0 Å². The first-order valence-electron chi connectivity index (χ1n) is 11.6. The zero-order valence-corrected chi connectivity index (χ0v) is 23.6. The number of aliphatic hydroxyl groups excluding tert-OH is 2. The fourth-order valence-electron chi connectivity index (χ4n) is 2.88. The highest BCUT2D eigenvalue weighted by Crippen LogP contribution is 2.31. The van der Waals surface area contributed by atoms with Gasteiger partial charge in [-0.25, -0.2) is 9.59 Å². The summed E-state index contributed by atoms with van der Waals surface area (Å²) in [6, 6.07) is 0. The number of hydrogen-bond donors (Lipinski definition) is 2. The minimum atomic E-state index is -2.06. The molecular weight excluding hydrogens is 482 g/mol. The van der Waals surface area contributed by atoms with Crippen LogP contribution in [0, 0.1) is 0 Å². The third-order valence-electron chi connectivity index (χ3n) is 5.13. The topological polar surface area (TPSA) is 127 Å². The molecule has 12 heteroatoms. The number of rotatable bonds is 18. The fourth-order valence-corrected chi connectivity index (χ4v) is 6.92. The molecule has 2 N–H and O–H groups in total. The van der Waals surface area contributed by atoms with Crippen molar-refractivity contribution in [3.63, 3.8) is 0 Å². The molecule has 0 aliphatic rings. The van der Waals surface area contributed by atoms with Crippen LogP contribution >= 0.6 is 15.6 Å². The van der Waals surface area contributed by atoms with Gasteiger partial charge in [0.1, 0.15) is 13.2 Å². The van der Waals surface area contributed by atoms with E-state index in [1.54, 1.807) is 0 Å². The van der Waals surface area contributed by atoms with Crippen LogP contribution in [-0.4, -0.2) is 137 Å². The highest BCUT2D eigenvalue weighted by atomic mass is 31.1. The van der Waals surface area contributed by atoms with Crippen molar-refractivity contribution in [2.24, 2.45) is 0 Å². The molecule has 0 spiro atoms. The molecule has 0 rings (SSSR count). The summed E-state index contributed by atoms with van der Waals surface area (Å²) in [5.74, 6) is -1.55. The predicted molar refractivity (Wildman–Crippen MR) is 136 cm³/mol. The summed E-state index contributed by atoms with van der Waals surface area (Å²) >= 11 is 0. The number of nitrogens with zero attached hydrogens (tertiary/aromatic N) is 2. The van der Waals surface area contributed by atoms with Crippen molar-refractivity contribution in [1.82, 2.24) is 0 Å². The van der Waals surface area contributed by atoms with Crippen molar-refractivity contribution < 1.29 is 47.4 Å². The Bertz CT molecular complexity index is 644. The normalized spacial score (nSPS) is 16.1. The first kappa shape index (κ1) is 33.0. The van der Waals surface area contributed by atoms with Crippen molar-refractivity contribution in [2.45, 2.75) is 24.2 Å². The molecule has 34 heavy (non-hydrogen) atoms. The van der Waals surface area contributed by atoms with Gasteiger partial charge in [0.15, 0.2) is 0 Å². The molecule has 0 amide bonds. The van der Waals surface area contributed by atoms with Crippen molar-refractivity contribution in [3.05, 3.63) is 12.2 Å². The first-order chi connectivity index (χ1) is 15.7. The summed E-state index contributed by atoms with van der Waals surface area (Å²) in [6.45, 7) is 0.911. The van der Waals surface area contributed by atoms with E-state index in [1.165, 1.54) is 0 Å². The summed E-state index contributed by atoms with van der Waals surface area (Å²) in [4.78, 5) is 23.9. The molecule has 0 aromatic rings. The average Bonchev–Trinajstić information content (AvgIpc) is 2.73. The predicted octanol–water partition coefficient (Wildman–Crippen LogP) is 0.663. The Hall–Kier alpha value is -1.02. The maximum atomic E-state index is 12.6. The van der Waals surface area contributed by atoms with Crippen LogP contribution in [0.15, 0.2) is 12.2 Å². The standard InChI is InChI=1S/C22H46N2O8P2/c1-23(2,3)11-15-33(29)19(9-13-25)17-31-21(27)7-8-22(28)32-18-20(10-14-26)34(30)16-12-24(4,5)6/h7-8,19-20,25-26,33-34H,9-18H2,1-6H3/q+2/b8-7+. The number of carbonyl (C=O) groups is 2. The quantitative estimate of drug-likeness (QED) is 0.115. The van der Waals surface area contributed by atoms with Gasteiger partial charge in [0.05, 0.1) is 71.0 Å². The fraction of sp³-hybridized carbons (Fsp3) is 0.818. The van der Waals surface area contributed by atoms with Gasteiger partial charge >= 0.3 is 11.9 Å². The van der Waals surface area contributed by atoms with E-state index in [2.05, 4.69) is 0 Å². The molecule has 0 bridgehead atoms. The maximum absolute atomic E-state index is 12.6. The number of quaternary nitrogens is 2. The molecule has 4 atom stereocenters. The van der Waals surface area contributed by atoms with Gasteiger partial charge in [-0.05, 0) is 12.8 Å². The van der Waals surface area contributed by atoms with E-state index in [-0.39, 0.29) is 39.3 Å². The zero-order chi connectivity index (χ0) is 26.4. The Morgan fingerprint density at radius 2 is 1.06 bits per heavy atom. The van der Waals surface area contributed by atoms with Crippen molar-refractivity contribution in [1.29, 1.82) is 0 Å². The summed E-state index contributed by atoms with van der Waals surface area (Å²) in [5.41, 5.74) is -0.844. The van der Waals surface area contributed by atoms with E-state index in [9.17, 15) is 28.9 Å². The highest BCUT2D eigenvalue weighted by molar-refractivity contribution is 7.45. The third-order valence-corrected chi connectivity index (χ3v) is 9.30. The first-order valence-corrected chi connectivity index (χ1v) is 15.0. The van der Waals surface area contributed by atoms with Gasteiger partial charge in [-0.1, -0.05) is 0 Å². The largest absolute Gasteiger partial charge is 0.462 e. The van der Waals surface area contributed by atoms with Crippen LogP contribution in [-0.2, 0) is 28.2 Å². The van der Waals surface area contributed by atoms with Crippen molar-refractivity contribution in [3.8, 4) is 0 Å². The van der Waals surface area contributed by atoms with Crippen molar-refractivity contribution >= 4 is 27.5 Å². The molecule has 0 fully saturated rings. The van der Waals surface area contributed by atoms with Gasteiger partial charge < -0.3 is 37.8 Å². The number of hydrogen-bond acceptors (Lipinski definition) is 8. The van der Waals surface area contributed by atoms with E-state index in [0.29, 0.717) is 34.4 Å². The van der Waals surface area contributed by atoms with Gasteiger partial charge in [0, 0.05) is 49.0 Å². The minimum Gasteiger partial charge on any atom is -0.462 e. The van der Waals surface area contributed by atoms with Crippen LogP contribution in [0.25, 0.3) is 0 Å². The van der Waals surface area contributed by atoms with Crippen LogP contribution in [0.3, 0.4) is 0 Å². The van der Waals surface area contributed by atoms with Gasteiger partial charge in [-0.2, -0.15) is 0 Å². The smallest absolute Gasteiger partial charge is 0.331 e. The Balaban J connectivity index is 4.63. The maximum Gasteiger partial charge on any atom is 0.331 e. The van der Waals surface area contributed by atoms with Gasteiger partial charge in [-0.3, -0.25) is 0 Å². The Labute approximate surface area is 205 Å². The van der Waals surface area contributed by atoms with Crippen LogP contribution < -0.4 is 0 Å². The Kier molecular flexibility index (Phi) is 16.1. The molecule has 200 valence electrons. The molecule has 0 saturated carbocycles. The van der Waals surface area contributed by atoms with E-state index in [0.717, 1.165) is 12.2 Å². The lowest BCUT2D eigenvalue weighted by Gasteiger charge is -2.25. The SMILES string of the molecule is C[N+](C)(C)CC[PH](=O)C(CCO)COC(=O)/C=C/C(=O)OCC(CCO)[PH](=O)CC[N+](C)(C)C. The van der Waals surface area contributed by atoms with Crippen LogP contribution in [0.2, 0.25) is 0 Å². The number of ether oxygens (including phenoxy) is 2. The molecule has 0 aromatic carbocycles. The average molecular weight is 529 g/mol. The summed E-state index contributed by atoms with van der Waals surface area (Å²) in [6.07, 6.45) is 3.39. The summed E-state index contributed by atoms with van der Waals surface area (Å²) < 4.78 is 36.7. The molecule has 0 heterocycles. The Morgan fingerprint density at radius 3 is 1.32 bits per heavy atom. The van der Waals surface area contributed by atoms with Crippen LogP contribution in [0.4, 0.5) is 0 Å². The Morgan fingerprint density at radius 1 is 0.735 bits per heavy atom. The second kappa shape index (κ2) is 16.6. The molecule has 10 nitrogen and oxygen atoms in total. The lowest BCUT2D eigenvalue weighted by atomic mass is 10.3. The second-order valence-electron chi connectivity index (χ2n) is 10.5. The number of esters is 2. The molecule has 0 radical (unpaired) electrons. The number of aliphatic hydroxyl groups is 2. The van der Waals surface area contributed by atoms with Crippen molar-refractivity contribution in [2.75, 3.05) is 94.1 Å². The monoisotopic (exact) mass is 528 g/mol. The van der Waals surface area contributed by atoms with Crippen LogP contribution in [0.5, 0.6) is 0 Å². The lowest BCUT2D eigenvalue weighted by Crippen LogP contribution is -2.37. The zero-order valence-electron chi connectivity index (χ0n) is 21.6. The summed E-state index contributed by atoms with van der Waals surface area (Å²) in [5, 5.41) is 18.5. The van der Waals surface area contributed by atoms with E-state index < -0.39 is 38.9 Å². The molecule has 0 aliphatic carbocycles. The molecular formula is C22H46N2O8P2+2.